The summed E-state index contributed by atoms with van der Waals surface area (Å²) < 4.78 is 26.4. The minimum atomic E-state index is -3.51. The van der Waals surface area contributed by atoms with Crippen LogP contribution in [0.4, 0.5) is 0 Å². The number of hydrogen-bond acceptors (Lipinski definition) is 5. The van der Waals surface area contributed by atoms with E-state index in [0.29, 0.717) is 19.0 Å². The van der Waals surface area contributed by atoms with Gasteiger partial charge in [-0.15, -0.1) is 0 Å². The lowest BCUT2D eigenvalue weighted by atomic mass is 9.97. The van der Waals surface area contributed by atoms with Crippen LogP contribution in [-0.4, -0.2) is 56.3 Å². The second-order valence-corrected chi connectivity index (χ2v) is 7.73. The molecule has 0 atom stereocenters. The molecule has 7 heteroatoms. The minimum Gasteiger partial charge on any atom is -0.326 e. The van der Waals surface area contributed by atoms with E-state index >= 15 is 0 Å². The molecule has 0 spiro atoms. The second kappa shape index (κ2) is 6.83. The van der Waals surface area contributed by atoms with Gasteiger partial charge in [-0.1, -0.05) is 6.07 Å². The Balaban J connectivity index is 2.03. The van der Waals surface area contributed by atoms with Crippen LogP contribution in [-0.2, 0) is 16.6 Å². The molecule has 1 aliphatic heterocycles. The third kappa shape index (κ3) is 4.00. The average molecular weight is 312 g/mol. The number of nitrogens with two attached hydrogens (primary N) is 1. The van der Waals surface area contributed by atoms with Crippen LogP contribution < -0.4 is 5.73 Å². The van der Waals surface area contributed by atoms with E-state index in [1.807, 2.05) is 0 Å². The molecule has 1 aromatic rings. The summed E-state index contributed by atoms with van der Waals surface area (Å²) in [6.45, 7) is 2.97. The highest BCUT2D eigenvalue weighted by molar-refractivity contribution is 7.89. The quantitative estimate of drug-likeness (QED) is 0.856. The van der Waals surface area contributed by atoms with E-state index in [-0.39, 0.29) is 5.03 Å². The maximum absolute atomic E-state index is 12.5. The second-order valence-electron chi connectivity index (χ2n) is 5.74. The smallest absolute Gasteiger partial charge is 0.260 e. The molecular formula is C14H24N4O2S. The number of hydrogen-bond donors (Lipinski definition) is 1. The molecule has 2 N–H and O–H groups in total. The van der Waals surface area contributed by atoms with Crippen LogP contribution in [0, 0.1) is 5.92 Å². The molecular weight excluding hydrogens is 288 g/mol. The topological polar surface area (TPSA) is 79.5 Å². The number of piperidine rings is 1. The summed E-state index contributed by atoms with van der Waals surface area (Å²) in [6, 6.07) is 3.24. The lowest BCUT2D eigenvalue weighted by Gasteiger charge is -2.31. The Morgan fingerprint density at radius 3 is 2.57 bits per heavy atom. The zero-order chi connectivity index (χ0) is 15.5. The van der Waals surface area contributed by atoms with E-state index < -0.39 is 10.0 Å². The summed E-state index contributed by atoms with van der Waals surface area (Å²) in [6.07, 6.45) is 3.60. The van der Waals surface area contributed by atoms with Crippen LogP contribution in [0.2, 0.25) is 0 Å². The van der Waals surface area contributed by atoms with Gasteiger partial charge >= 0.3 is 0 Å². The van der Waals surface area contributed by atoms with Gasteiger partial charge in [0.15, 0.2) is 5.03 Å². The molecule has 0 radical (unpaired) electrons. The Bertz CT molecular complexity index is 551. The Kier molecular flexibility index (Phi) is 5.32. The molecule has 0 aliphatic carbocycles. The van der Waals surface area contributed by atoms with E-state index in [1.165, 1.54) is 16.6 Å². The Morgan fingerprint density at radius 1 is 1.38 bits per heavy atom. The standard InChI is InChI=1S/C14H24N4O2S/c1-17-7-5-12(6-8-17)11-18(2)21(19,20)14-4-3-13(9-15)10-16-14/h3-4,10,12H,5-9,11,15H2,1-2H3. The van der Waals surface area contributed by atoms with Gasteiger partial charge in [-0.2, -0.15) is 4.31 Å². The van der Waals surface area contributed by atoms with Crippen molar-refractivity contribution in [1.29, 1.82) is 0 Å². The molecule has 118 valence electrons. The maximum atomic E-state index is 12.5. The number of pyridine rings is 1. The molecule has 21 heavy (non-hydrogen) atoms. The molecule has 1 aliphatic rings. The van der Waals surface area contributed by atoms with Crippen molar-refractivity contribution in [3.63, 3.8) is 0 Å². The van der Waals surface area contributed by atoms with Gasteiger partial charge in [0.25, 0.3) is 10.0 Å². The van der Waals surface area contributed by atoms with Crippen molar-refractivity contribution in [2.24, 2.45) is 11.7 Å². The first-order valence-corrected chi connectivity index (χ1v) is 8.67. The fourth-order valence-corrected chi connectivity index (χ4v) is 3.70. The van der Waals surface area contributed by atoms with E-state index in [4.69, 9.17) is 5.73 Å². The molecule has 6 nitrogen and oxygen atoms in total. The predicted octanol–water partition coefficient (Wildman–Crippen LogP) is 0.503. The lowest BCUT2D eigenvalue weighted by Crippen LogP contribution is -2.38. The number of likely N-dealkylation sites (tertiary alicyclic amines) is 1. The fraction of sp³-hybridized carbons (Fsp3) is 0.643. The lowest BCUT2D eigenvalue weighted by molar-refractivity contribution is 0.202. The van der Waals surface area contributed by atoms with Gasteiger partial charge in [-0.3, -0.25) is 0 Å². The summed E-state index contributed by atoms with van der Waals surface area (Å²) in [5.41, 5.74) is 6.33. The summed E-state index contributed by atoms with van der Waals surface area (Å²) in [7, 11) is 0.219. The van der Waals surface area contributed by atoms with Crippen LogP contribution in [0.25, 0.3) is 0 Å². The normalized spacial score (nSPS) is 18.3. The van der Waals surface area contributed by atoms with Gasteiger partial charge in [-0.25, -0.2) is 13.4 Å². The van der Waals surface area contributed by atoms with Gasteiger partial charge in [-0.05, 0) is 50.5 Å². The predicted molar refractivity (Wildman–Crippen MR) is 82.2 cm³/mol. The van der Waals surface area contributed by atoms with Crippen molar-refractivity contribution in [3.05, 3.63) is 23.9 Å². The van der Waals surface area contributed by atoms with Crippen LogP contribution >= 0.6 is 0 Å². The summed E-state index contributed by atoms with van der Waals surface area (Å²) in [4.78, 5) is 6.31. The van der Waals surface area contributed by atoms with Crippen LogP contribution in [0.5, 0.6) is 0 Å². The van der Waals surface area contributed by atoms with Gasteiger partial charge in [0.1, 0.15) is 0 Å². The van der Waals surface area contributed by atoms with Crippen molar-refractivity contribution < 1.29 is 8.42 Å². The summed E-state index contributed by atoms with van der Waals surface area (Å²) in [5, 5.41) is 0.0927. The van der Waals surface area contributed by atoms with E-state index in [2.05, 4.69) is 16.9 Å². The Hall–Kier alpha value is -1.02. The van der Waals surface area contributed by atoms with Crippen molar-refractivity contribution >= 4 is 10.0 Å². The molecule has 1 fully saturated rings. The number of aromatic nitrogens is 1. The summed E-state index contributed by atoms with van der Waals surface area (Å²) >= 11 is 0. The highest BCUT2D eigenvalue weighted by atomic mass is 32.2. The van der Waals surface area contributed by atoms with Gasteiger partial charge in [0.05, 0.1) is 0 Å². The minimum absolute atomic E-state index is 0.0927. The molecule has 0 bridgehead atoms. The monoisotopic (exact) mass is 312 g/mol. The molecule has 0 amide bonds. The molecule has 1 aromatic heterocycles. The van der Waals surface area contributed by atoms with Gasteiger partial charge in [0.2, 0.25) is 0 Å². The number of sulfonamides is 1. The first-order valence-electron chi connectivity index (χ1n) is 7.23. The van der Waals surface area contributed by atoms with E-state index in [9.17, 15) is 8.42 Å². The molecule has 2 rings (SSSR count). The SMILES string of the molecule is CN1CCC(CN(C)S(=O)(=O)c2ccc(CN)cn2)CC1. The summed E-state index contributed by atoms with van der Waals surface area (Å²) in [5.74, 6) is 0.421. The van der Waals surface area contributed by atoms with Crippen molar-refractivity contribution in [1.82, 2.24) is 14.2 Å². The van der Waals surface area contributed by atoms with Crippen molar-refractivity contribution in [2.75, 3.05) is 33.7 Å². The van der Waals surface area contributed by atoms with Crippen molar-refractivity contribution in [3.8, 4) is 0 Å². The van der Waals surface area contributed by atoms with Crippen LogP contribution in [0.1, 0.15) is 18.4 Å². The number of nitrogens with zero attached hydrogens (tertiary/aromatic N) is 3. The van der Waals surface area contributed by atoms with E-state index in [1.54, 1.807) is 13.1 Å². The molecule has 0 unspecified atom stereocenters. The average Bonchev–Trinajstić information content (AvgIpc) is 2.49. The fourth-order valence-electron chi connectivity index (χ4n) is 2.55. The highest BCUT2D eigenvalue weighted by Gasteiger charge is 2.26. The largest absolute Gasteiger partial charge is 0.326 e. The first-order chi connectivity index (χ1) is 9.93. The highest BCUT2D eigenvalue weighted by Crippen LogP contribution is 2.20. The third-order valence-corrected chi connectivity index (χ3v) is 5.80. The third-order valence-electron chi connectivity index (χ3n) is 4.06. The zero-order valence-electron chi connectivity index (χ0n) is 12.7. The Morgan fingerprint density at radius 2 is 2.05 bits per heavy atom. The zero-order valence-corrected chi connectivity index (χ0v) is 13.5. The Labute approximate surface area is 127 Å². The molecule has 2 heterocycles. The van der Waals surface area contributed by atoms with Gasteiger partial charge in [0, 0.05) is 26.3 Å². The van der Waals surface area contributed by atoms with Crippen LogP contribution in [0.3, 0.4) is 0 Å². The van der Waals surface area contributed by atoms with Gasteiger partial charge < -0.3 is 10.6 Å². The molecule has 1 saturated heterocycles. The van der Waals surface area contributed by atoms with Crippen LogP contribution in [0.15, 0.2) is 23.4 Å². The van der Waals surface area contributed by atoms with Crippen molar-refractivity contribution in [2.45, 2.75) is 24.4 Å². The number of rotatable bonds is 5. The molecule has 0 saturated carbocycles. The van der Waals surface area contributed by atoms with E-state index in [0.717, 1.165) is 31.5 Å². The maximum Gasteiger partial charge on any atom is 0.260 e. The molecule has 0 aromatic carbocycles. The first kappa shape index (κ1) is 16.4.